The van der Waals surface area contributed by atoms with Gasteiger partial charge in [-0.3, -0.25) is 33.6 Å². The van der Waals surface area contributed by atoms with Gasteiger partial charge in [0.15, 0.2) is 5.78 Å². The van der Waals surface area contributed by atoms with Crippen LogP contribution in [0.15, 0.2) is 73.3 Å². The molecule has 4 rings (SSSR count). The van der Waals surface area contributed by atoms with Gasteiger partial charge in [-0.05, 0) is 36.6 Å². The molecule has 4 atom stereocenters. The summed E-state index contributed by atoms with van der Waals surface area (Å²) in [6, 6.07) is 7.80. The van der Waals surface area contributed by atoms with Crippen molar-refractivity contribution in [2.24, 2.45) is 5.73 Å². The van der Waals surface area contributed by atoms with Crippen molar-refractivity contribution in [2.45, 2.75) is 56.3 Å². The van der Waals surface area contributed by atoms with Gasteiger partial charge in [-0.15, -0.1) is 0 Å². The SMILES string of the molecule is N[C@@H](Cc1c[nH]c2ccccc12)C(=O)N[C@@H](CCC(=O)O)C(=O)N[C@@H](Cc1c[nH]cn1)C(=O)N[C@@H](CC(=O)O)C(=O)CNC(=O)/C=C\c1ccccc1O. The predicted molar refractivity (Wildman–Crippen MR) is 192 cm³/mol. The van der Waals surface area contributed by atoms with E-state index < -0.39 is 84.9 Å². The number of aromatic nitrogens is 3. The number of aromatic amines is 2. The first-order valence-electron chi connectivity index (χ1n) is 16.7. The number of carbonyl (C=O) groups is 7. The van der Waals surface area contributed by atoms with Crippen LogP contribution in [0.3, 0.4) is 0 Å². The van der Waals surface area contributed by atoms with Crippen LogP contribution in [0.25, 0.3) is 17.0 Å². The first-order chi connectivity index (χ1) is 25.8. The summed E-state index contributed by atoms with van der Waals surface area (Å²) < 4.78 is 0. The molecule has 0 radical (unpaired) electrons. The number of H-pyrrole nitrogens is 2. The van der Waals surface area contributed by atoms with Gasteiger partial charge in [-0.25, -0.2) is 4.98 Å². The fourth-order valence-electron chi connectivity index (χ4n) is 5.38. The molecule has 4 amide bonds. The molecule has 2 heterocycles. The number of phenols is 1. The summed E-state index contributed by atoms with van der Waals surface area (Å²) in [5.74, 6) is -7.13. The minimum absolute atomic E-state index is 0.0830. The predicted octanol–water partition coefficient (Wildman–Crippen LogP) is -0.0983. The number of ketones is 1. The molecule has 0 aliphatic heterocycles. The van der Waals surface area contributed by atoms with Crippen LogP contribution in [-0.2, 0) is 46.4 Å². The van der Waals surface area contributed by atoms with Crippen LogP contribution in [0.2, 0.25) is 0 Å². The number of carbonyl (C=O) groups excluding carboxylic acids is 5. The molecule has 0 saturated carbocycles. The number of carboxylic acid groups (broad SMARTS) is 2. The smallest absolute Gasteiger partial charge is 0.305 e. The molecule has 18 heteroatoms. The van der Waals surface area contributed by atoms with Crippen molar-refractivity contribution in [3.8, 4) is 5.75 Å². The summed E-state index contributed by atoms with van der Waals surface area (Å²) >= 11 is 0. The Kier molecular flexibility index (Phi) is 14.2. The number of nitrogens with zero attached hydrogens (tertiary/aromatic N) is 1. The number of hydrogen-bond donors (Lipinski definition) is 10. The van der Waals surface area contributed by atoms with E-state index in [0.29, 0.717) is 5.56 Å². The van der Waals surface area contributed by atoms with Gasteiger partial charge < -0.3 is 52.3 Å². The summed E-state index contributed by atoms with van der Waals surface area (Å²) in [6.07, 6.45) is 4.84. The van der Waals surface area contributed by atoms with Crippen molar-refractivity contribution < 1.29 is 48.9 Å². The Morgan fingerprint density at radius 1 is 0.815 bits per heavy atom. The molecule has 0 aliphatic rings. The van der Waals surface area contributed by atoms with Gasteiger partial charge >= 0.3 is 11.9 Å². The molecule has 18 nitrogen and oxygen atoms in total. The van der Waals surface area contributed by atoms with Gasteiger partial charge in [-0.2, -0.15) is 0 Å². The summed E-state index contributed by atoms with van der Waals surface area (Å²) in [6.45, 7) is -0.680. The number of rotatable bonds is 20. The van der Waals surface area contributed by atoms with Crippen LogP contribution in [0.4, 0.5) is 0 Å². The van der Waals surface area contributed by atoms with E-state index in [2.05, 4.69) is 36.2 Å². The number of phenolic OH excluding ortho intramolecular Hbond substituents is 1. The number of Topliss-reactive ketones (excluding diaryl/α,β-unsaturated/α-hetero) is 1. The van der Waals surface area contributed by atoms with E-state index in [1.165, 1.54) is 24.7 Å². The second-order valence-electron chi connectivity index (χ2n) is 12.2. The molecule has 0 fully saturated rings. The lowest BCUT2D eigenvalue weighted by Crippen LogP contribution is -2.58. The van der Waals surface area contributed by atoms with Crippen molar-refractivity contribution in [1.82, 2.24) is 36.2 Å². The van der Waals surface area contributed by atoms with E-state index >= 15 is 0 Å². The molecule has 0 bridgehead atoms. The summed E-state index contributed by atoms with van der Waals surface area (Å²) in [4.78, 5) is 98.7. The van der Waals surface area contributed by atoms with Crippen LogP contribution >= 0.6 is 0 Å². The first-order valence-corrected chi connectivity index (χ1v) is 16.7. The highest BCUT2D eigenvalue weighted by molar-refractivity contribution is 5.99. The van der Waals surface area contributed by atoms with Crippen LogP contribution in [0.1, 0.15) is 36.1 Å². The number of aliphatic carboxylic acids is 2. The third-order valence-corrected chi connectivity index (χ3v) is 8.20. The van der Waals surface area contributed by atoms with Gasteiger partial charge in [0, 0.05) is 47.8 Å². The van der Waals surface area contributed by atoms with E-state index in [-0.39, 0.29) is 30.7 Å². The molecular formula is C36H40N8O10. The van der Waals surface area contributed by atoms with E-state index in [1.807, 2.05) is 24.3 Å². The second kappa shape index (κ2) is 19.1. The van der Waals surface area contributed by atoms with E-state index in [4.69, 9.17) is 5.73 Å². The minimum atomic E-state index is -1.65. The fraction of sp³-hybridized carbons (Fsp3) is 0.278. The highest BCUT2D eigenvalue weighted by Gasteiger charge is 2.32. The fourth-order valence-corrected chi connectivity index (χ4v) is 5.38. The Morgan fingerprint density at radius 2 is 1.50 bits per heavy atom. The molecule has 0 unspecified atom stereocenters. The number of benzene rings is 2. The topological polar surface area (TPSA) is 299 Å². The zero-order chi connectivity index (χ0) is 39.2. The Balaban J connectivity index is 1.45. The zero-order valence-corrected chi connectivity index (χ0v) is 28.8. The van der Waals surface area contributed by atoms with Crippen molar-refractivity contribution >= 4 is 58.3 Å². The third kappa shape index (κ3) is 11.9. The summed E-state index contributed by atoms with van der Waals surface area (Å²) in [7, 11) is 0. The molecule has 284 valence electrons. The average molecular weight is 745 g/mol. The average Bonchev–Trinajstić information content (AvgIpc) is 3.81. The van der Waals surface area contributed by atoms with Crippen molar-refractivity contribution in [2.75, 3.05) is 6.54 Å². The molecule has 11 N–H and O–H groups in total. The van der Waals surface area contributed by atoms with E-state index in [0.717, 1.165) is 22.5 Å². The summed E-state index contributed by atoms with van der Waals surface area (Å²) in [5.41, 5.74) is 8.37. The molecule has 0 spiro atoms. The summed E-state index contributed by atoms with van der Waals surface area (Å²) in [5, 5.41) is 39.1. The molecule has 0 aliphatic carbocycles. The van der Waals surface area contributed by atoms with Gasteiger partial charge in [0.1, 0.15) is 17.8 Å². The molecule has 2 aromatic heterocycles. The number of imidazole rings is 1. The van der Waals surface area contributed by atoms with Crippen molar-refractivity contribution in [1.29, 1.82) is 0 Å². The van der Waals surface area contributed by atoms with E-state index in [9.17, 15) is 48.9 Å². The Bertz CT molecular complexity index is 2010. The molecule has 54 heavy (non-hydrogen) atoms. The highest BCUT2D eigenvalue weighted by atomic mass is 16.4. The molecule has 2 aromatic carbocycles. The van der Waals surface area contributed by atoms with Gasteiger partial charge in [-0.1, -0.05) is 36.4 Å². The van der Waals surface area contributed by atoms with Crippen molar-refractivity contribution in [3.63, 3.8) is 0 Å². The quantitative estimate of drug-likeness (QED) is 0.0531. The van der Waals surface area contributed by atoms with Crippen LogP contribution < -0.4 is 27.0 Å². The molecule has 4 aromatic rings. The highest BCUT2D eigenvalue weighted by Crippen LogP contribution is 2.19. The maximum Gasteiger partial charge on any atom is 0.305 e. The van der Waals surface area contributed by atoms with E-state index in [1.54, 1.807) is 24.4 Å². The third-order valence-electron chi connectivity index (χ3n) is 8.20. The van der Waals surface area contributed by atoms with Crippen LogP contribution in [0, 0.1) is 0 Å². The Labute approximate surface area is 307 Å². The monoisotopic (exact) mass is 744 g/mol. The van der Waals surface area contributed by atoms with Crippen molar-refractivity contribution in [3.05, 3.63) is 90.1 Å². The molecular weight excluding hydrogens is 704 g/mol. The Morgan fingerprint density at radius 3 is 2.20 bits per heavy atom. The molecule has 0 saturated heterocycles. The number of nitrogens with two attached hydrogens (primary N) is 1. The van der Waals surface area contributed by atoms with Crippen LogP contribution in [-0.4, -0.2) is 102 Å². The number of fused-ring (bicyclic) bond motifs is 1. The lowest BCUT2D eigenvalue weighted by molar-refractivity contribution is -0.141. The first kappa shape index (κ1) is 40.0. The Hall–Kier alpha value is -6.82. The lowest BCUT2D eigenvalue weighted by Gasteiger charge is -2.25. The normalized spacial score (nSPS) is 13.4. The van der Waals surface area contributed by atoms with Crippen LogP contribution in [0.5, 0.6) is 5.75 Å². The number of para-hydroxylation sites is 2. The number of carboxylic acids is 2. The largest absolute Gasteiger partial charge is 0.507 e. The maximum atomic E-state index is 13.6. The zero-order valence-electron chi connectivity index (χ0n) is 28.8. The minimum Gasteiger partial charge on any atom is -0.507 e. The number of amides is 4. The second-order valence-corrected chi connectivity index (χ2v) is 12.2. The van der Waals surface area contributed by atoms with Gasteiger partial charge in [0.05, 0.1) is 37.1 Å². The van der Waals surface area contributed by atoms with Gasteiger partial charge in [0.2, 0.25) is 23.6 Å². The standard InChI is InChI=1S/C36H40N8O10/c37-24(13-21-16-39-25-7-3-2-6-23(21)25)34(52)42-26(10-12-32(48)49)35(53)44-28(14-22-17-38-19-41-22)36(54)43-27(15-33(50)51)30(46)18-40-31(47)11-9-20-5-1-4-8-29(20)45/h1-9,11,16-17,19,24,26-28,39,45H,10,12-15,18,37H2,(H,38,41)(H,40,47)(H,42,52)(H,43,54)(H,44,53)(H,48,49)(H,50,51)/b11-9-/t24-,26-,27-,28-/m0/s1. The van der Waals surface area contributed by atoms with Gasteiger partial charge in [0.25, 0.3) is 0 Å². The maximum absolute atomic E-state index is 13.6. The number of aromatic hydroxyl groups is 1. The number of hydrogen-bond acceptors (Lipinski definition) is 10. The lowest BCUT2D eigenvalue weighted by atomic mass is 10.0. The number of nitrogens with one attached hydrogen (secondary N) is 6.